The van der Waals surface area contributed by atoms with Gasteiger partial charge in [0.2, 0.25) is 5.91 Å². The summed E-state index contributed by atoms with van der Waals surface area (Å²) in [5.74, 6) is 0.734. The second-order valence-electron chi connectivity index (χ2n) is 7.18. The smallest absolute Gasteiger partial charge is 0.226 e. The number of nitrogens with zero attached hydrogens (tertiary/aromatic N) is 2. The van der Waals surface area contributed by atoms with Gasteiger partial charge in [0, 0.05) is 43.5 Å². The maximum atomic E-state index is 12.8. The van der Waals surface area contributed by atoms with Gasteiger partial charge in [0.25, 0.3) is 0 Å². The zero-order valence-electron chi connectivity index (χ0n) is 14.2. The first-order chi connectivity index (χ1) is 11.2. The second kappa shape index (κ2) is 8.77. The molecule has 1 atom stereocenters. The predicted octanol–water partition coefficient (Wildman–Crippen LogP) is 3.28. The first-order valence-electron chi connectivity index (χ1n) is 8.62. The summed E-state index contributed by atoms with van der Waals surface area (Å²) >= 11 is 7.65. The van der Waals surface area contributed by atoms with Crippen molar-refractivity contribution in [2.45, 2.75) is 25.8 Å². The van der Waals surface area contributed by atoms with E-state index in [1.54, 1.807) is 11.3 Å². The molecule has 1 aromatic rings. The van der Waals surface area contributed by atoms with E-state index >= 15 is 0 Å². The van der Waals surface area contributed by atoms with Gasteiger partial charge in [-0.05, 0) is 49.9 Å². The quantitative estimate of drug-likeness (QED) is 0.805. The van der Waals surface area contributed by atoms with Crippen LogP contribution in [-0.4, -0.2) is 55.0 Å². The van der Waals surface area contributed by atoms with Crippen molar-refractivity contribution in [1.29, 1.82) is 0 Å². The first kappa shape index (κ1) is 21.3. The fourth-order valence-corrected chi connectivity index (χ4v) is 5.31. The second-order valence-corrected chi connectivity index (χ2v) is 8.98. The number of carbonyl (C=O) groups is 1. The highest BCUT2D eigenvalue weighted by Crippen LogP contribution is 2.59. The summed E-state index contributed by atoms with van der Waals surface area (Å²) in [7, 11) is 0. The van der Waals surface area contributed by atoms with Crippen LogP contribution in [0.15, 0.2) is 12.1 Å². The van der Waals surface area contributed by atoms with Gasteiger partial charge < -0.3 is 10.2 Å². The highest BCUT2D eigenvalue weighted by atomic mass is 35.5. The highest BCUT2D eigenvalue weighted by Gasteiger charge is 2.58. The molecule has 2 saturated heterocycles. The minimum Gasteiger partial charge on any atom is -0.340 e. The van der Waals surface area contributed by atoms with Crippen LogP contribution >= 0.6 is 47.8 Å². The summed E-state index contributed by atoms with van der Waals surface area (Å²) in [6, 6.07) is 4.07. The van der Waals surface area contributed by atoms with Crippen molar-refractivity contribution in [2.75, 3.05) is 39.3 Å². The number of rotatable bonds is 3. The van der Waals surface area contributed by atoms with E-state index in [0.29, 0.717) is 17.2 Å². The van der Waals surface area contributed by atoms with Crippen LogP contribution in [0.5, 0.6) is 0 Å². The lowest BCUT2D eigenvalue weighted by Gasteiger charge is -2.35. The van der Waals surface area contributed by atoms with Gasteiger partial charge in [-0.2, -0.15) is 0 Å². The Balaban J connectivity index is 0.00000113. The fourth-order valence-electron chi connectivity index (χ4n) is 4.18. The largest absolute Gasteiger partial charge is 0.340 e. The fraction of sp³-hybridized carbons (Fsp3) is 0.706. The SMILES string of the molecule is Cl.Cl.O=C(C1CC12CCNCC2)N1CCN(Cc2ccc(Cl)s2)CC1. The minimum absolute atomic E-state index is 0. The maximum Gasteiger partial charge on any atom is 0.226 e. The van der Waals surface area contributed by atoms with Gasteiger partial charge in [0.1, 0.15) is 0 Å². The summed E-state index contributed by atoms with van der Waals surface area (Å²) < 4.78 is 0.856. The van der Waals surface area contributed by atoms with Crippen molar-refractivity contribution < 1.29 is 4.79 Å². The zero-order chi connectivity index (χ0) is 15.9. The number of hydrogen-bond acceptors (Lipinski definition) is 4. The van der Waals surface area contributed by atoms with Gasteiger partial charge in [-0.3, -0.25) is 9.69 Å². The Labute approximate surface area is 171 Å². The summed E-state index contributed by atoms with van der Waals surface area (Å²) in [6.07, 6.45) is 3.49. The van der Waals surface area contributed by atoms with Crippen LogP contribution in [0.4, 0.5) is 0 Å². The Kier molecular flexibility index (Phi) is 7.45. The third-order valence-electron chi connectivity index (χ3n) is 5.78. The minimum atomic E-state index is 0. The highest BCUT2D eigenvalue weighted by molar-refractivity contribution is 7.16. The van der Waals surface area contributed by atoms with Crippen LogP contribution in [-0.2, 0) is 11.3 Å². The molecule has 142 valence electrons. The van der Waals surface area contributed by atoms with E-state index < -0.39 is 0 Å². The molecule has 1 aliphatic carbocycles. The third-order valence-corrected chi connectivity index (χ3v) is 7.00. The van der Waals surface area contributed by atoms with Crippen LogP contribution in [0.25, 0.3) is 0 Å². The number of piperazine rings is 1. The average molecular weight is 427 g/mol. The van der Waals surface area contributed by atoms with Gasteiger partial charge in [-0.1, -0.05) is 11.6 Å². The van der Waals surface area contributed by atoms with Crippen molar-refractivity contribution in [3.8, 4) is 0 Å². The number of amides is 1. The molecular weight excluding hydrogens is 401 g/mol. The molecule has 3 fully saturated rings. The van der Waals surface area contributed by atoms with Crippen LogP contribution in [0.3, 0.4) is 0 Å². The summed E-state index contributed by atoms with van der Waals surface area (Å²) in [6.45, 7) is 6.83. The molecule has 4 nitrogen and oxygen atoms in total. The molecule has 1 N–H and O–H groups in total. The monoisotopic (exact) mass is 425 g/mol. The molecule has 1 aromatic heterocycles. The normalized spacial score (nSPS) is 25.2. The molecule has 0 radical (unpaired) electrons. The molecule has 1 spiro atoms. The Morgan fingerprint density at radius 1 is 1.20 bits per heavy atom. The molecule has 3 heterocycles. The molecule has 1 saturated carbocycles. The molecule has 1 unspecified atom stereocenters. The lowest BCUT2D eigenvalue weighted by Crippen LogP contribution is -2.49. The number of thiophene rings is 1. The van der Waals surface area contributed by atoms with Crippen LogP contribution in [0.2, 0.25) is 4.34 Å². The molecular formula is C17H26Cl3N3OS. The van der Waals surface area contributed by atoms with Crippen molar-refractivity contribution in [3.05, 3.63) is 21.3 Å². The zero-order valence-corrected chi connectivity index (χ0v) is 17.4. The van der Waals surface area contributed by atoms with E-state index in [1.807, 2.05) is 6.07 Å². The molecule has 0 aromatic carbocycles. The van der Waals surface area contributed by atoms with Gasteiger partial charge in [-0.25, -0.2) is 0 Å². The van der Waals surface area contributed by atoms with E-state index in [4.69, 9.17) is 11.6 Å². The summed E-state index contributed by atoms with van der Waals surface area (Å²) in [5, 5.41) is 3.41. The molecule has 2 aliphatic heterocycles. The molecule has 1 amide bonds. The third kappa shape index (κ3) is 4.63. The molecule has 25 heavy (non-hydrogen) atoms. The Hall–Kier alpha value is -0.0400. The first-order valence-corrected chi connectivity index (χ1v) is 9.82. The lowest BCUT2D eigenvalue weighted by atomic mass is 9.91. The van der Waals surface area contributed by atoms with E-state index in [1.165, 1.54) is 17.7 Å². The Morgan fingerprint density at radius 2 is 1.88 bits per heavy atom. The lowest BCUT2D eigenvalue weighted by molar-refractivity contribution is -0.135. The Bertz CT molecular complexity index is 583. The van der Waals surface area contributed by atoms with Gasteiger partial charge in [-0.15, -0.1) is 36.2 Å². The standard InChI is InChI=1S/C17H24ClN3OS.2ClH/c18-15-2-1-13(23-15)12-20-7-9-21(10-8-20)16(22)14-11-17(14)3-5-19-6-4-17;;/h1-2,14,19H,3-12H2;2*1H. The van der Waals surface area contributed by atoms with Crippen LogP contribution in [0.1, 0.15) is 24.1 Å². The molecule has 3 aliphatic rings. The number of carbonyl (C=O) groups excluding carboxylic acids is 1. The van der Waals surface area contributed by atoms with Crippen molar-refractivity contribution >= 4 is 53.7 Å². The van der Waals surface area contributed by atoms with Crippen LogP contribution in [0, 0.1) is 11.3 Å². The number of piperidine rings is 1. The number of halogens is 3. The van der Waals surface area contributed by atoms with Crippen molar-refractivity contribution in [3.63, 3.8) is 0 Å². The predicted molar refractivity (Wildman–Crippen MR) is 108 cm³/mol. The van der Waals surface area contributed by atoms with Gasteiger partial charge in [0.15, 0.2) is 0 Å². The van der Waals surface area contributed by atoms with E-state index in [9.17, 15) is 4.79 Å². The Morgan fingerprint density at radius 3 is 2.48 bits per heavy atom. The van der Waals surface area contributed by atoms with E-state index in [-0.39, 0.29) is 24.8 Å². The maximum absolute atomic E-state index is 12.8. The molecule has 4 rings (SSSR count). The van der Waals surface area contributed by atoms with Crippen molar-refractivity contribution in [1.82, 2.24) is 15.1 Å². The van der Waals surface area contributed by atoms with Gasteiger partial charge in [0.05, 0.1) is 4.34 Å². The average Bonchev–Trinajstić information content (AvgIpc) is 3.09. The van der Waals surface area contributed by atoms with Crippen LogP contribution < -0.4 is 5.32 Å². The summed E-state index contributed by atoms with van der Waals surface area (Å²) in [4.78, 5) is 18.6. The van der Waals surface area contributed by atoms with E-state index in [0.717, 1.165) is 56.6 Å². The van der Waals surface area contributed by atoms with Crippen molar-refractivity contribution in [2.24, 2.45) is 11.3 Å². The van der Waals surface area contributed by atoms with E-state index in [2.05, 4.69) is 21.2 Å². The molecule has 0 bridgehead atoms. The number of nitrogens with one attached hydrogen (secondary N) is 1. The van der Waals surface area contributed by atoms with Gasteiger partial charge >= 0.3 is 0 Å². The topological polar surface area (TPSA) is 35.6 Å². The molecule has 8 heteroatoms. The number of hydrogen-bond donors (Lipinski definition) is 1. The summed E-state index contributed by atoms with van der Waals surface area (Å²) in [5.41, 5.74) is 0.354.